The van der Waals surface area contributed by atoms with Crippen molar-refractivity contribution in [3.8, 4) is 0 Å². The minimum atomic E-state index is -0.0881. The zero-order valence-corrected chi connectivity index (χ0v) is 15.5. The summed E-state index contributed by atoms with van der Waals surface area (Å²) in [6.45, 7) is 3.05. The lowest BCUT2D eigenvalue weighted by Gasteiger charge is -2.29. The number of nitrogens with zero attached hydrogens (tertiary/aromatic N) is 3. The van der Waals surface area contributed by atoms with E-state index in [1.54, 1.807) is 34.1 Å². The normalized spacial score (nSPS) is 14.4. The molecule has 2 amide bonds. The van der Waals surface area contributed by atoms with Crippen LogP contribution in [0.15, 0.2) is 53.1 Å². The van der Waals surface area contributed by atoms with Gasteiger partial charge in [-0.3, -0.25) is 14.5 Å². The van der Waals surface area contributed by atoms with E-state index in [0.717, 1.165) is 5.69 Å². The average Bonchev–Trinajstić information content (AvgIpc) is 3.20. The van der Waals surface area contributed by atoms with Gasteiger partial charge >= 0.3 is 0 Å². The maximum absolute atomic E-state index is 12.9. The van der Waals surface area contributed by atoms with Crippen molar-refractivity contribution in [1.29, 1.82) is 0 Å². The van der Waals surface area contributed by atoms with Crippen molar-refractivity contribution >= 4 is 17.5 Å². The third kappa shape index (κ3) is 5.42. The number of morpholine rings is 1. The summed E-state index contributed by atoms with van der Waals surface area (Å²) >= 11 is 0. The van der Waals surface area contributed by atoms with E-state index in [-0.39, 0.29) is 24.9 Å². The van der Waals surface area contributed by atoms with Gasteiger partial charge in [-0.15, -0.1) is 0 Å². The molecule has 7 nitrogen and oxygen atoms in total. The molecule has 0 spiro atoms. The predicted octanol–water partition coefficient (Wildman–Crippen LogP) is 1.60. The van der Waals surface area contributed by atoms with Gasteiger partial charge in [-0.25, -0.2) is 0 Å². The first-order chi connectivity index (χ1) is 13.1. The number of ether oxygens (including phenoxy) is 1. The lowest BCUT2D eigenvalue weighted by molar-refractivity contribution is -0.136. The van der Waals surface area contributed by atoms with E-state index in [2.05, 4.69) is 0 Å². The van der Waals surface area contributed by atoms with Gasteiger partial charge in [0, 0.05) is 18.8 Å². The van der Waals surface area contributed by atoms with Crippen molar-refractivity contribution in [2.75, 3.05) is 51.3 Å². The quantitative estimate of drug-likeness (QED) is 0.740. The van der Waals surface area contributed by atoms with Gasteiger partial charge in [0.15, 0.2) is 0 Å². The number of carbonyl (C=O) groups excluding carboxylic acids is 2. The molecule has 0 saturated carbocycles. The molecule has 1 saturated heterocycles. The van der Waals surface area contributed by atoms with E-state index in [1.165, 1.54) is 0 Å². The molecule has 27 heavy (non-hydrogen) atoms. The SMILES string of the molecule is CN(CC(=O)N1CCOCC1)CC(=O)N(Cc1ccco1)c1ccccc1. The van der Waals surface area contributed by atoms with Gasteiger partial charge in [0.1, 0.15) is 5.76 Å². The average molecular weight is 371 g/mol. The minimum absolute atomic E-state index is 0.0193. The maximum Gasteiger partial charge on any atom is 0.241 e. The summed E-state index contributed by atoms with van der Waals surface area (Å²) in [6.07, 6.45) is 1.59. The first-order valence-corrected chi connectivity index (χ1v) is 9.05. The summed E-state index contributed by atoms with van der Waals surface area (Å²) in [5.74, 6) is 0.639. The zero-order valence-electron chi connectivity index (χ0n) is 15.5. The van der Waals surface area contributed by atoms with Crippen LogP contribution in [0.3, 0.4) is 0 Å². The second kappa shape index (κ2) is 9.34. The third-order valence-electron chi connectivity index (χ3n) is 4.44. The van der Waals surface area contributed by atoms with Crippen LogP contribution < -0.4 is 4.90 Å². The molecule has 0 bridgehead atoms. The fourth-order valence-corrected chi connectivity index (χ4v) is 3.01. The Kier molecular flexibility index (Phi) is 6.62. The molecule has 7 heteroatoms. The van der Waals surface area contributed by atoms with Gasteiger partial charge in [0.25, 0.3) is 0 Å². The molecule has 2 aromatic rings. The van der Waals surface area contributed by atoms with E-state index < -0.39 is 0 Å². The van der Waals surface area contributed by atoms with Crippen molar-refractivity contribution < 1.29 is 18.7 Å². The Morgan fingerprint density at radius 3 is 2.44 bits per heavy atom. The van der Waals surface area contributed by atoms with Crippen LogP contribution in [0.5, 0.6) is 0 Å². The second-order valence-corrected chi connectivity index (χ2v) is 6.56. The lowest BCUT2D eigenvalue weighted by atomic mass is 10.2. The van der Waals surface area contributed by atoms with Crippen LogP contribution in [0, 0.1) is 0 Å². The van der Waals surface area contributed by atoms with E-state index in [0.29, 0.717) is 38.6 Å². The number of benzene rings is 1. The molecule has 1 aliphatic heterocycles. The van der Waals surface area contributed by atoms with Crippen LogP contribution in [0.2, 0.25) is 0 Å². The molecular weight excluding hydrogens is 346 g/mol. The first kappa shape index (κ1) is 19.1. The van der Waals surface area contributed by atoms with Crippen LogP contribution >= 0.6 is 0 Å². The van der Waals surface area contributed by atoms with E-state index in [1.807, 2.05) is 36.4 Å². The van der Waals surface area contributed by atoms with Gasteiger partial charge < -0.3 is 19.0 Å². The molecule has 0 N–H and O–H groups in total. The monoisotopic (exact) mass is 371 g/mol. The number of para-hydroxylation sites is 1. The smallest absolute Gasteiger partial charge is 0.241 e. The van der Waals surface area contributed by atoms with Gasteiger partial charge in [-0.05, 0) is 31.3 Å². The van der Waals surface area contributed by atoms with E-state index in [4.69, 9.17) is 9.15 Å². The predicted molar refractivity (Wildman–Crippen MR) is 101 cm³/mol. The van der Waals surface area contributed by atoms with Crippen molar-refractivity contribution in [1.82, 2.24) is 9.80 Å². The summed E-state index contributed by atoms with van der Waals surface area (Å²) in [5, 5.41) is 0. The maximum atomic E-state index is 12.9. The highest BCUT2D eigenvalue weighted by molar-refractivity contribution is 5.95. The van der Waals surface area contributed by atoms with Crippen molar-refractivity contribution in [2.45, 2.75) is 6.54 Å². The van der Waals surface area contributed by atoms with Crippen molar-refractivity contribution in [3.63, 3.8) is 0 Å². The summed E-state index contributed by atoms with van der Waals surface area (Å²) in [5.41, 5.74) is 0.798. The molecular formula is C20H25N3O4. The van der Waals surface area contributed by atoms with Crippen molar-refractivity contribution in [2.24, 2.45) is 0 Å². The van der Waals surface area contributed by atoms with Crippen LogP contribution in [-0.2, 0) is 20.9 Å². The standard InChI is InChI=1S/C20H25N3O4/c1-21(15-19(24)22-9-12-26-13-10-22)16-20(25)23(14-18-8-5-11-27-18)17-6-3-2-4-7-17/h2-8,11H,9-10,12-16H2,1H3. The minimum Gasteiger partial charge on any atom is -0.467 e. The fraction of sp³-hybridized carbons (Fsp3) is 0.400. The number of hydrogen-bond donors (Lipinski definition) is 0. The van der Waals surface area contributed by atoms with Crippen LogP contribution in [0.4, 0.5) is 5.69 Å². The highest BCUT2D eigenvalue weighted by atomic mass is 16.5. The molecule has 2 heterocycles. The van der Waals surface area contributed by atoms with Gasteiger partial charge in [0.2, 0.25) is 11.8 Å². The number of hydrogen-bond acceptors (Lipinski definition) is 5. The summed E-state index contributed by atoms with van der Waals surface area (Å²) < 4.78 is 10.7. The summed E-state index contributed by atoms with van der Waals surface area (Å²) in [6, 6.07) is 13.1. The highest BCUT2D eigenvalue weighted by Gasteiger charge is 2.22. The molecule has 0 radical (unpaired) electrons. The number of amides is 2. The van der Waals surface area contributed by atoms with E-state index in [9.17, 15) is 9.59 Å². The number of anilines is 1. The lowest BCUT2D eigenvalue weighted by Crippen LogP contribution is -2.47. The van der Waals surface area contributed by atoms with E-state index >= 15 is 0 Å². The fourth-order valence-electron chi connectivity index (χ4n) is 3.01. The molecule has 0 aliphatic carbocycles. The second-order valence-electron chi connectivity index (χ2n) is 6.56. The van der Waals surface area contributed by atoms with Crippen molar-refractivity contribution in [3.05, 3.63) is 54.5 Å². The zero-order chi connectivity index (χ0) is 19.1. The molecule has 1 fully saturated rings. The molecule has 0 atom stereocenters. The van der Waals surface area contributed by atoms with Crippen LogP contribution in [0.25, 0.3) is 0 Å². The number of rotatable bonds is 7. The molecule has 144 valence electrons. The van der Waals surface area contributed by atoms with Gasteiger partial charge in [0.05, 0.1) is 39.1 Å². The Balaban J connectivity index is 1.62. The number of furan rings is 1. The van der Waals surface area contributed by atoms with Crippen LogP contribution in [0.1, 0.15) is 5.76 Å². The molecule has 1 aromatic heterocycles. The largest absolute Gasteiger partial charge is 0.467 e. The van der Waals surface area contributed by atoms with Gasteiger partial charge in [-0.1, -0.05) is 18.2 Å². The molecule has 0 unspecified atom stereocenters. The topological polar surface area (TPSA) is 66.2 Å². The Labute approximate surface area is 159 Å². The summed E-state index contributed by atoms with van der Waals surface area (Å²) in [7, 11) is 1.78. The summed E-state index contributed by atoms with van der Waals surface area (Å²) in [4.78, 5) is 30.5. The third-order valence-corrected chi connectivity index (χ3v) is 4.44. The van der Waals surface area contributed by atoms with Gasteiger partial charge in [-0.2, -0.15) is 0 Å². The number of carbonyl (C=O) groups is 2. The van der Waals surface area contributed by atoms with Crippen LogP contribution in [-0.4, -0.2) is 68.1 Å². The molecule has 1 aromatic carbocycles. The molecule has 1 aliphatic rings. The highest BCUT2D eigenvalue weighted by Crippen LogP contribution is 2.17. The Morgan fingerprint density at radius 1 is 1.04 bits per heavy atom. The Bertz CT molecular complexity index is 727. The Morgan fingerprint density at radius 2 is 1.78 bits per heavy atom. The Hall–Kier alpha value is -2.64. The first-order valence-electron chi connectivity index (χ1n) is 9.05. The number of likely N-dealkylation sites (N-methyl/N-ethyl adjacent to an activating group) is 1. The molecule has 3 rings (SSSR count).